The summed E-state index contributed by atoms with van der Waals surface area (Å²) in [5, 5.41) is 15.5. The Bertz CT molecular complexity index is 586. The van der Waals surface area contributed by atoms with Crippen LogP contribution in [0.25, 0.3) is 0 Å². The van der Waals surface area contributed by atoms with Crippen LogP contribution in [-0.2, 0) is 14.3 Å². The van der Waals surface area contributed by atoms with E-state index in [0.717, 1.165) is 44.9 Å². The van der Waals surface area contributed by atoms with Gasteiger partial charge in [0, 0.05) is 6.04 Å². The molecule has 0 saturated heterocycles. The van der Waals surface area contributed by atoms with Crippen molar-refractivity contribution in [2.75, 3.05) is 6.61 Å². The predicted octanol–water partition coefficient (Wildman–Crippen LogP) is 1.24. The number of urea groups is 1. The molecule has 0 radical (unpaired) electrons. The summed E-state index contributed by atoms with van der Waals surface area (Å²) < 4.78 is 5.08. The quantitative estimate of drug-likeness (QED) is 0.647. The van der Waals surface area contributed by atoms with E-state index in [-0.39, 0.29) is 17.9 Å². The maximum absolute atomic E-state index is 12.2. The first-order valence-corrected chi connectivity index (χ1v) is 9.32. The number of rotatable bonds is 5. The van der Waals surface area contributed by atoms with Crippen molar-refractivity contribution in [2.24, 2.45) is 17.3 Å². The third-order valence-corrected chi connectivity index (χ3v) is 6.20. The molecular weight excluding hydrogens is 324 g/mol. The van der Waals surface area contributed by atoms with E-state index in [2.05, 4.69) is 10.6 Å². The van der Waals surface area contributed by atoms with Crippen LogP contribution in [0.15, 0.2) is 0 Å². The maximum Gasteiger partial charge on any atom is 0.321 e. The number of nitrogens with one attached hydrogen (secondary N) is 2. The minimum absolute atomic E-state index is 0.164. The van der Waals surface area contributed by atoms with E-state index in [1.165, 1.54) is 0 Å². The van der Waals surface area contributed by atoms with Crippen LogP contribution in [0.1, 0.15) is 57.8 Å². The molecule has 0 aromatic rings. The fourth-order valence-electron chi connectivity index (χ4n) is 5.72. The van der Waals surface area contributed by atoms with Crippen LogP contribution in [0, 0.1) is 17.3 Å². The Morgan fingerprint density at radius 3 is 2.36 bits per heavy atom. The molecule has 138 valence electrons. The van der Waals surface area contributed by atoms with Gasteiger partial charge in [0.2, 0.25) is 0 Å². The minimum atomic E-state index is -0.615. The summed E-state index contributed by atoms with van der Waals surface area (Å²) in [7, 11) is 0. The van der Waals surface area contributed by atoms with Crippen molar-refractivity contribution in [1.29, 1.82) is 0 Å². The van der Waals surface area contributed by atoms with Crippen molar-refractivity contribution >= 4 is 17.9 Å². The fraction of sp³-hybridized carbons (Fsp3) is 0.833. The number of esters is 1. The van der Waals surface area contributed by atoms with Crippen LogP contribution in [0.5, 0.6) is 0 Å². The van der Waals surface area contributed by atoms with Gasteiger partial charge in [0.25, 0.3) is 5.91 Å². The van der Waals surface area contributed by atoms with Gasteiger partial charge in [0.05, 0.1) is 12.0 Å². The summed E-state index contributed by atoms with van der Waals surface area (Å²) in [6, 6.07) is -0.371. The highest BCUT2D eigenvalue weighted by molar-refractivity contribution is 5.95. The molecule has 0 spiro atoms. The van der Waals surface area contributed by atoms with E-state index in [0.29, 0.717) is 18.3 Å². The Balaban J connectivity index is 1.25. The van der Waals surface area contributed by atoms with Crippen molar-refractivity contribution in [3.63, 3.8) is 0 Å². The number of hydrogen-bond acceptors (Lipinski definition) is 5. The van der Waals surface area contributed by atoms with Gasteiger partial charge in [-0.3, -0.25) is 14.9 Å². The largest absolute Gasteiger partial charge is 0.456 e. The average Bonchev–Trinajstić information content (AvgIpc) is 3.25. The number of carbonyl (C=O) groups is 3. The van der Waals surface area contributed by atoms with Crippen LogP contribution >= 0.6 is 0 Å². The van der Waals surface area contributed by atoms with Crippen molar-refractivity contribution in [2.45, 2.75) is 69.4 Å². The number of carbonyl (C=O) groups excluding carboxylic acids is 3. The Morgan fingerprint density at radius 1 is 1.08 bits per heavy atom. The number of hydrogen-bond donors (Lipinski definition) is 3. The second kappa shape index (κ2) is 5.97. The Kier molecular flexibility index (Phi) is 4.02. The first kappa shape index (κ1) is 16.8. The van der Waals surface area contributed by atoms with Gasteiger partial charge in [-0.05, 0) is 68.6 Å². The summed E-state index contributed by atoms with van der Waals surface area (Å²) >= 11 is 0. The summed E-state index contributed by atoms with van der Waals surface area (Å²) in [4.78, 5) is 35.4. The Morgan fingerprint density at radius 2 is 1.76 bits per heavy atom. The molecule has 5 aliphatic carbocycles. The van der Waals surface area contributed by atoms with Crippen LogP contribution < -0.4 is 10.6 Å². The molecule has 0 aliphatic heterocycles. The molecule has 25 heavy (non-hydrogen) atoms. The van der Waals surface area contributed by atoms with Crippen LogP contribution in [-0.4, -0.2) is 41.3 Å². The van der Waals surface area contributed by atoms with E-state index < -0.39 is 30.1 Å². The second-order valence-electron chi connectivity index (χ2n) is 8.82. The molecule has 4 bridgehead atoms. The van der Waals surface area contributed by atoms with Crippen molar-refractivity contribution in [3.05, 3.63) is 0 Å². The maximum atomic E-state index is 12.2. The molecule has 2 atom stereocenters. The zero-order valence-electron chi connectivity index (χ0n) is 14.4. The molecule has 7 nitrogen and oxygen atoms in total. The first-order chi connectivity index (χ1) is 11.8. The summed E-state index contributed by atoms with van der Waals surface area (Å²) in [6.45, 7) is -0.440. The van der Waals surface area contributed by atoms with Gasteiger partial charge in [0.15, 0.2) is 6.61 Å². The minimum Gasteiger partial charge on any atom is -0.456 e. The number of amides is 3. The molecule has 7 heteroatoms. The summed E-state index contributed by atoms with van der Waals surface area (Å²) in [5.41, 5.74) is -0.779. The number of imide groups is 1. The fourth-order valence-corrected chi connectivity index (χ4v) is 5.72. The molecule has 5 aliphatic rings. The third-order valence-electron chi connectivity index (χ3n) is 6.20. The molecule has 3 amide bonds. The lowest BCUT2D eigenvalue weighted by molar-refractivity contribution is -0.177. The third kappa shape index (κ3) is 3.81. The van der Waals surface area contributed by atoms with E-state index in [9.17, 15) is 19.5 Å². The molecule has 0 heterocycles. The van der Waals surface area contributed by atoms with Gasteiger partial charge in [0.1, 0.15) is 0 Å². The average molecular weight is 350 g/mol. The van der Waals surface area contributed by atoms with Gasteiger partial charge in [-0.1, -0.05) is 0 Å². The summed E-state index contributed by atoms with van der Waals surface area (Å²) in [6.07, 6.45) is 7.62. The van der Waals surface area contributed by atoms with E-state index in [4.69, 9.17) is 4.74 Å². The highest BCUT2D eigenvalue weighted by Gasteiger charge is 2.57. The lowest BCUT2D eigenvalue weighted by Crippen LogP contribution is -2.56. The Labute approximate surface area is 146 Å². The van der Waals surface area contributed by atoms with Crippen LogP contribution in [0.4, 0.5) is 4.79 Å². The van der Waals surface area contributed by atoms with Gasteiger partial charge in [-0.15, -0.1) is 0 Å². The van der Waals surface area contributed by atoms with Crippen molar-refractivity contribution < 1.29 is 24.2 Å². The van der Waals surface area contributed by atoms with E-state index in [1.807, 2.05) is 0 Å². The smallest absolute Gasteiger partial charge is 0.321 e. The standard InChI is InChI=1S/C18H26N2O5/c21-14(20-16(23)19-13-1-2-13)9-25-15(22)8-17-4-11-3-12(5-17)7-18(24,6-11)10-17/h11-13,24H,1-10H2,(H2,19,20,21,23)/t11-,12-,17?,18?/m0/s1. The lowest BCUT2D eigenvalue weighted by Gasteiger charge is -2.60. The molecule has 5 fully saturated rings. The zero-order valence-corrected chi connectivity index (χ0v) is 14.4. The molecule has 3 N–H and O–H groups in total. The van der Waals surface area contributed by atoms with Gasteiger partial charge < -0.3 is 15.2 Å². The Hall–Kier alpha value is -1.63. The highest BCUT2D eigenvalue weighted by atomic mass is 16.5. The molecular formula is C18H26N2O5. The SMILES string of the molecule is O=C(COC(=O)CC12C[C@@H]3C[C@H](CC(O)(C3)C1)C2)NC(=O)NC1CC1. The van der Waals surface area contributed by atoms with E-state index in [1.54, 1.807) is 0 Å². The molecule has 0 aromatic carbocycles. The second-order valence-corrected chi connectivity index (χ2v) is 8.82. The van der Waals surface area contributed by atoms with Crippen LogP contribution in [0.2, 0.25) is 0 Å². The zero-order chi connectivity index (χ0) is 17.7. The molecule has 5 rings (SSSR count). The van der Waals surface area contributed by atoms with Gasteiger partial charge in [-0.25, -0.2) is 4.79 Å². The lowest BCUT2D eigenvalue weighted by atomic mass is 9.47. The highest BCUT2D eigenvalue weighted by Crippen LogP contribution is 2.62. The summed E-state index contributed by atoms with van der Waals surface area (Å²) in [5.74, 6) is -0.0131. The first-order valence-electron chi connectivity index (χ1n) is 9.32. The molecule has 0 aromatic heterocycles. The topological polar surface area (TPSA) is 105 Å². The van der Waals surface area contributed by atoms with Gasteiger partial charge >= 0.3 is 12.0 Å². The molecule has 5 saturated carbocycles. The van der Waals surface area contributed by atoms with Crippen LogP contribution in [0.3, 0.4) is 0 Å². The predicted molar refractivity (Wildman–Crippen MR) is 87.3 cm³/mol. The number of aliphatic hydroxyl groups is 1. The number of ether oxygens (including phenoxy) is 1. The monoisotopic (exact) mass is 350 g/mol. The normalized spacial score (nSPS) is 38.3. The van der Waals surface area contributed by atoms with Gasteiger partial charge in [-0.2, -0.15) is 0 Å². The van der Waals surface area contributed by atoms with Crippen molar-refractivity contribution in [3.8, 4) is 0 Å². The van der Waals surface area contributed by atoms with Crippen molar-refractivity contribution in [1.82, 2.24) is 10.6 Å². The molecule has 0 unspecified atom stereocenters. The van der Waals surface area contributed by atoms with E-state index >= 15 is 0 Å².